The van der Waals surface area contributed by atoms with Crippen molar-refractivity contribution in [2.24, 2.45) is 0 Å². The molecule has 1 saturated heterocycles. The monoisotopic (exact) mass is 254 g/mol. The van der Waals surface area contributed by atoms with Crippen LogP contribution in [0.3, 0.4) is 0 Å². The van der Waals surface area contributed by atoms with Gasteiger partial charge in [-0.2, -0.15) is 0 Å². The fourth-order valence-electron chi connectivity index (χ4n) is 1.75. The van der Waals surface area contributed by atoms with Crippen molar-refractivity contribution < 1.29 is 18.8 Å². The molecule has 1 aliphatic rings. The average Bonchev–Trinajstić information content (AvgIpc) is 2.72. The first-order valence-electron chi connectivity index (χ1n) is 5.42. The molecular formula is C11H11FN2O4. The number of halogens is 1. The van der Waals surface area contributed by atoms with Gasteiger partial charge in [0.25, 0.3) is 0 Å². The molecule has 1 fully saturated rings. The van der Waals surface area contributed by atoms with Crippen molar-refractivity contribution >= 4 is 11.6 Å². The number of benzene rings is 1. The maximum absolute atomic E-state index is 13.0. The molecule has 0 saturated carbocycles. The zero-order chi connectivity index (χ0) is 13.1. The number of hydrogen-bond acceptors (Lipinski definition) is 4. The number of amides is 1. The van der Waals surface area contributed by atoms with Crippen LogP contribution >= 0.6 is 0 Å². The van der Waals surface area contributed by atoms with Gasteiger partial charge in [-0.25, -0.2) is 4.39 Å². The second-order valence-electron chi connectivity index (χ2n) is 3.98. The molecule has 1 aliphatic heterocycles. The first kappa shape index (κ1) is 12.3. The summed E-state index contributed by atoms with van der Waals surface area (Å²) in [6, 6.07) is 2.84. The van der Waals surface area contributed by atoms with Crippen LogP contribution in [0.5, 0.6) is 5.75 Å². The van der Waals surface area contributed by atoms with Crippen LogP contribution in [-0.2, 0) is 4.79 Å². The summed E-state index contributed by atoms with van der Waals surface area (Å²) in [5, 5.41) is 13.4. The minimum absolute atomic E-state index is 0.0719. The topological polar surface area (TPSA) is 81.5 Å². The lowest BCUT2D eigenvalue weighted by molar-refractivity contribution is -0.385. The largest absolute Gasteiger partial charge is 0.485 e. The highest BCUT2D eigenvalue weighted by Crippen LogP contribution is 2.27. The van der Waals surface area contributed by atoms with Crippen molar-refractivity contribution in [2.75, 3.05) is 6.61 Å². The quantitative estimate of drug-likeness (QED) is 0.650. The highest BCUT2D eigenvalue weighted by molar-refractivity contribution is 5.78. The van der Waals surface area contributed by atoms with Crippen molar-refractivity contribution in [1.82, 2.24) is 5.32 Å². The Kier molecular flexibility index (Phi) is 3.40. The van der Waals surface area contributed by atoms with E-state index in [9.17, 15) is 19.3 Å². The van der Waals surface area contributed by atoms with Gasteiger partial charge in [0.1, 0.15) is 12.4 Å². The van der Waals surface area contributed by atoms with Crippen molar-refractivity contribution in [3.8, 4) is 5.75 Å². The van der Waals surface area contributed by atoms with Gasteiger partial charge in [-0.05, 0) is 12.5 Å². The fourth-order valence-corrected chi connectivity index (χ4v) is 1.75. The summed E-state index contributed by atoms with van der Waals surface area (Å²) in [4.78, 5) is 21.0. The number of nitro benzene ring substituents is 1. The van der Waals surface area contributed by atoms with E-state index in [1.165, 1.54) is 0 Å². The SMILES string of the molecule is O=C1CCC(COc2cc(F)ccc2[N+](=O)[O-])N1. The molecule has 1 heterocycles. The number of nitrogens with zero attached hydrogens (tertiary/aromatic N) is 1. The third-order valence-corrected chi connectivity index (χ3v) is 2.64. The van der Waals surface area contributed by atoms with Gasteiger partial charge in [0.15, 0.2) is 5.75 Å². The van der Waals surface area contributed by atoms with Gasteiger partial charge in [-0.3, -0.25) is 14.9 Å². The van der Waals surface area contributed by atoms with Crippen LogP contribution in [0, 0.1) is 15.9 Å². The Morgan fingerprint density at radius 3 is 2.94 bits per heavy atom. The van der Waals surface area contributed by atoms with E-state index in [4.69, 9.17) is 4.74 Å². The average molecular weight is 254 g/mol. The molecule has 18 heavy (non-hydrogen) atoms. The molecule has 0 radical (unpaired) electrons. The van der Waals surface area contributed by atoms with E-state index in [0.717, 1.165) is 18.2 Å². The summed E-state index contributed by atoms with van der Waals surface area (Å²) in [7, 11) is 0. The molecule has 1 aromatic rings. The summed E-state index contributed by atoms with van der Waals surface area (Å²) < 4.78 is 18.2. The van der Waals surface area contributed by atoms with Crippen LogP contribution in [0.2, 0.25) is 0 Å². The van der Waals surface area contributed by atoms with E-state index in [1.807, 2.05) is 0 Å². The molecule has 0 bridgehead atoms. The molecule has 1 aromatic carbocycles. The summed E-state index contributed by atoms with van der Waals surface area (Å²) >= 11 is 0. The molecule has 7 heteroatoms. The number of hydrogen-bond donors (Lipinski definition) is 1. The van der Waals surface area contributed by atoms with Crippen molar-refractivity contribution in [3.05, 3.63) is 34.1 Å². The molecule has 0 aliphatic carbocycles. The summed E-state index contributed by atoms with van der Waals surface area (Å²) in [5.41, 5.74) is -0.291. The Balaban J connectivity index is 2.06. The minimum Gasteiger partial charge on any atom is -0.485 e. The lowest BCUT2D eigenvalue weighted by atomic mass is 10.2. The normalized spacial score (nSPS) is 18.5. The van der Waals surface area contributed by atoms with Gasteiger partial charge in [0, 0.05) is 18.6 Å². The zero-order valence-electron chi connectivity index (χ0n) is 9.39. The fraction of sp³-hybridized carbons (Fsp3) is 0.364. The molecule has 6 nitrogen and oxygen atoms in total. The maximum Gasteiger partial charge on any atom is 0.311 e. The second kappa shape index (κ2) is 4.99. The molecular weight excluding hydrogens is 243 g/mol. The minimum atomic E-state index is -0.637. The van der Waals surface area contributed by atoms with E-state index >= 15 is 0 Å². The Morgan fingerprint density at radius 2 is 2.33 bits per heavy atom. The van der Waals surface area contributed by atoms with E-state index in [0.29, 0.717) is 12.8 Å². The van der Waals surface area contributed by atoms with Crippen LogP contribution < -0.4 is 10.1 Å². The number of carbonyl (C=O) groups is 1. The van der Waals surface area contributed by atoms with Crippen LogP contribution in [0.4, 0.5) is 10.1 Å². The van der Waals surface area contributed by atoms with Gasteiger partial charge in [-0.1, -0.05) is 0 Å². The molecule has 96 valence electrons. The molecule has 1 atom stereocenters. The van der Waals surface area contributed by atoms with Gasteiger partial charge >= 0.3 is 5.69 Å². The molecule has 0 aromatic heterocycles. The summed E-state index contributed by atoms with van der Waals surface area (Å²) in [6.07, 6.45) is 1.03. The van der Waals surface area contributed by atoms with Crippen LogP contribution in [0.1, 0.15) is 12.8 Å². The van der Waals surface area contributed by atoms with Crippen LogP contribution in [0.25, 0.3) is 0 Å². The number of ether oxygens (including phenoxy) is 1. The first-order valence-corrected chi connectivity index (χ1v) is 5.42. The van der Waals surface area contributed by atoms with E-state index < -0.39 is 10.7 Å². The van der Waals surface area contributed by atoms with Gasteiger partial charge < -0.3 is 10.1 Å². The first-order chi connectivity index (χ1) is 8.56. The molecule has 1 amide bonds. The van der Waals surface area contributed by atoms with Crippen LogP contribution in [-0.4, -0.2) is 23.5 Å². The Morgan fingerprint density at radius 1 is 1.56 bits per heavy atom. The Bertz CT molecular complexity index is 492. The standard InChI is InChI=1S/C11H11FN2O4/c12-7-1-3-9(14(16)17)10(5-7)18-6-8-2-4-11(15)13-8/h1,3,5,8H,2,4,6H2,(H,13,15). The molecule has 2 rings (SSSR count). The number of carbonyl (C=O) groups excluding carboxylic acids is 1. The highest BCUT2D eigenvalue weighted by Gasteiger charge is 2.23. The smallest absolute Gasteiger partial charge is 0.311 e. The Hall–Kier alpha value is -2.18. The zero-order valence-corrected chi connectivity index (χ0v) is 9.39. The highest BCUT2D eigenvalue weighted by atomic mass is 19.1. The van der Waals surface area contributed by atoms with Crippen molar-refractivity contribution in [2.45, 2.75) is 18.9 Å². The number of rotatable bonds is 4. The van der Waals surface area contributed by atoms with Crippen molar-refractivity contribution in [3.63, 3.8) is 0 Å². The van der Waals surface area contributed by atoms with E-state index in [-0.39, 0.29) is 30.0 Å². The molecule has 1 unspecified atom stereocenters. The predicted molar refractivity (Wildman–Crippen MR) is 59.7 cm³/mol. The van der Waals surface area contributed by atoms with Crippen LogP contribution in [0.15, 0.2) is 18.2 Å². The van der Waals surface area contributed by atoms with E-state index in [2.05, 4.69) is 5.32 Å². The van der Waals surface area contributed by atoms with Gasteiger partial charge in [0.2, 0.25) is 5.91 Å². The second-order valence-corrected chi connectivity index (χ2v) is 3.98. The lowest BCUT2D eigenvalue weighted by Gasteiger charge is -2.11. The Labute approximate surface area is 102 Å². The molecule has 0 spiro atoms. The number of nitrogens with one attached hydrogen (secondary N) is 1. The summed E-state index contributed by atoms with van der Waals surface area (Å²) in [6.45, 7) is 0.0933. The van der Waals surface area contributed by atoms with Gasteiger partial charge in [-0.15, -0.1) is 0 Å². The third kappa shape index (κ3) is 2.73. The third-order valence-electron chi connectivity index (χ3n) is 2.64. The van der Waals surface area contributed by atoms with Gasteiger partial charge in [0.05, 0.1) is 11.0 Å². The predicted octanol–water partition coefficient (Wildman–Crippen LogP) is 1.39. The maximum atomic E-state index is 13.0. The lowest BCUT2D eigenvalue weighted by Crippen LogP contribution is -2.30. The van der Waals surface area contributed by atoms with E-state index in [1.54, 1.807) is 0 Å². The summed E-state index contributed by atoms with van der Waals surface area (Å²) in [5.74, 6) is -0.801. The molecule has 1 N–H and O–H groups in total. The number of nitro groups is 1. The van der Waals surface area contributed by atoms with Crippen molar-refractivity contribution in [1.29, 1.82) is 0 Å².